The minimum atomic E-state index is -0.932. The Labute approximate surface area is 165 Å². The molecule has 0 aliphatic carbocycles. The summed E-state index contributed by atoms with van der Waals surface area (Å²) >= 11 is 0. The van der Waals surface area contributed by atoms with Crippen molar-refractivity contribution in [3.63, 3.8) is 0 Å². The van der Waals surface area contributed by atoms with Gasteiger partial charge in [0.2, 0.25) is 0 Å². The van der Waals surface area contributed by atoms with E-state index in [4.69, 9.17) is 4.74 Å². The van der Waals surface area contributed by atoms with E-state index in [0.717, 1.165) is 51.4 Å². The van der Waals surface area contributed by atoms with Crippen LogP contribution in [-0.4, -0.2) is 45.2 Å². The first-order valence-electron chi connectivity index (χ1n) is 10.6. The summed E-state index contributed by atoms with van der Waals surface area (Å²) in [5, 5.41) is 29.7. The summed E-state index contributed by atoms with van der Waals surface area (Å²) in [6.07, 6.45) is 10.2. The van der Waals surface area contributed by atoms with Crippen LogP contribution in [0.25, 0.3) is 0 Å². The number of aliphatic hydroxyl groups excluding tert-OH is 3. The summed E-state index contributed by atoms with van der Waals surface area (Å²) in [5.41, 5.74) is -0.423. The Hall–Kier alpha value is -0.910. The van der Waals surface area contributed by atoms with Crippen molar-refractivity contribution in [2.24, 2.45) is 0 Å². The Bertz CT molecular complexity index is 400. The van der Waals surface area contributed by atoms with Crippen molar-refractivity contribution in [3.8, 4) is 0 Å². The van der Waals surface area contributed by atoms with Gasteiger partial charge in [-0.3, -0.25) is 4.79 Å². The molecule has 0 rings (SSSR count). The van der Waals surface area contributed by atoms with Gasteiger partial charge in [0.25, 0.3) is 0 Å². The van der Waals surface area contributed by atoms with E-state index in [9.17, 15) is 20.1 Å². The van der Waals surface area contributed by atoms with Crippen LogP contribution < -0.4 is 0 Å². The molecule has 5 heteroatoms. The van der Waals surface area contributed by atoms with Gasteiger partial charge in [-0.2, -0.15) is 0 Å². The second-order valence-corrected chi connectivity index (χ2v) is 8.40. The molecule has 0 bridgehead atoms. The highest BCUT2D eigenvalue weighted by Gasteiger charge is 2.16. The smallest absolute Gasteiger partial charge is 0.306 e. The van der Waals surface area contributed by atoms with Crippen LogP contribution in [0.1, 0.15) is 98.3 Å². The van der Waals surface area contributed by atoms with Crippen molar-refractivity contribution in [2.45, 2.75) is 122 Å². The number of ether oxygens (including phenoxy) is 1. The number of carbonyl (C=O) groups excluding carboxylic acids is 1. The van der Waals surface area contributed by atoms with Crippen LogP contribution >= 0.6 is 0 Å². The molecule has 0 aliphatic rings. The Morgan fingerprint density at radius 1 is 0.889 bits per heavy atom. The fourth-order valence-electron chi connectivity index (χ4n) is 2.79. The highest BCUT2D eigenvalue weighted by atomic mass is 16.6. The van der Waals surface area contributed by atoms with E-state index in [1.54, 1.807) is 6.08 Å². The Balaban J connectivity index is 3.72. The zero-order chi connectivity index (χ0) is 20.7. The fourth-order valence-corrected chi connectivity index (χ4v) is 2.79. The first-order chi connectivity index (χ1) is 12.7. The van der Waals surface area contributed by atoms with Gasteiger partial charge in [-0.15, -0.1) is 0 Å². The number of hydrogen-bond donors (Lipinski definition) is 3. The van der Waals surface area contributed by atoms with Gasteiger partial charge in [0.05, 0.1) is 18.3 Å². The van der Waals surface area contributed by atoms with Gasteiger partial charge < -0.3 is 20.1 Å². The third-order valence-corrected chi connectivity index (χ3v) is 4.33. The molecule has 0 aromatic rings. The molecule has 0 saturated carbocycles. The zero-order valence-electron chi connectivity index (χ0n) is 17.8. The number of carbonyl (C=O) groups is 1. The van der Waals surface area contributed by atoms with Crippen molar-refractivity contribution < 1.29 is 24.9 Å². The van der Waals surface area contributed by atoms with Crippen LogP contribution in [0.3, 0.4) is 0 Å². The van der Waals surface area contributed by atoms with Crippen LogP contribution in [0.5, 0.6) is 0 Å². The summed E-state index contributed by atoms with van der Waals surface area (Å²) < 4.78 is 5.27. The van der Waals surface area contributed by atoms with Crippen molar-refractivity contribution in [2.75, 3.05) is 0 Å². The molecule has 0 heterocycles. The number of rotatable bonds is 15. The number of aliphatic hydroxyl groups is 3. The van der Waals surface area contributed by atoms with Gasteiger partial charge in [-0.1, -0.05) is 64.0 Å². The van der Waals surface area contributed by atoms with Gasteiger partial charge in [-0.25, -0.2) is 0 Å². The average molecular weight is 387 g/mol. The molecule has 0 aromatic carbocycles. The lowest BCUT2D eigenvalue weighted by molar-refractivity contribution is -0.154. The molecule has 0 fully saturated rings. The van der Waals surface area contributed by atoms with E-state index in [1.165, 1.54) is 6.08 Å². The lowest BCUT2D eigenvalue weighted by Gasteiger charge is -2.19. The van der Waals surface area contributed by atoms with Crippen molar-refractivity contribution in [1.29, 1.82) is 0 Å². The minimum Gasteiger partial charge on any atom is -0.460 e. The molecule has 0 radical (unpaired) electrons. The van der Waals surface area contributed by atoms with Crippen molar-refractivity contribution >= 4 is 5.97 Å². The lowest BCUT2D eigenvalue weighted by atomic mass is 10.0. The largest absolute Gasteiger partial charge is 0.460 e. The fraction of sp³-hybridized carbons (Fsp3) is 0.864. The lowest BCUT2D eigenvalue weighted by Crippen LogP contribution is -2.24. The molecular weight excluding hydrogens is 344 g/mol. The molecule has 0 amide bonds. The summed E-state index contributed by atoms with van der Waals surface area (Å²) in [6, 6.07) is 0. The van der Waals surface area contributed by atoms with E-state index < -0.39 is 23.9 Å². The minimum absolute atomic E-state index is 0.148. The monoisotopic (exact) mass is 386 g/mol. The number of unbranched alkanes of at least 4 members (excludes halogenated alkanes) is 6. The number of hydrogen-bond acceptors (Lipinski definition) is 5. The van der Waals surface area contributed by atoms with E-state index in [0.29, 0.717) is 19.3 Å². The predicted octanol–water partition coefficient (Wildman–Crippen LogP) is 4.28. The van der Waals surface area contributed by atoms with E-state index in [2.05, 4.69) is 6.92 Å². The third kappa shape index (κ3) is 17.0. The summed E-state index contributed by atoms with van der Waals surface area (Å²) in [5.74, 6) is -0.148. The summed E-state index contributed by atoms with van der Waals surface area (Å²) in [7, 11) is 0. The van der Waals surface area contributed by atoms with Crippen LogP contribution in [0.15, 0.2) is 12.2 Å². The molecular formula is C22H42O5. The predicted molar refractivity (Wildman–Crippen MR) is 109 cm³/mol. The van der Waals surface area contributed by atoms with E-state index >= 15 is 0 Å². The van der Waals surface area contributed by atoms with Crippen molar-refractivity contribution in [3.05, 3.63) is 12.2 Å². The van der Waals surface area contributed by atoms with Crippen LogP contribution in [0.4, 0.5) is 0 Å². The second-order valence-electron chi connectivity index (χ2n) is 8.40. The molecule has 3 unspecified atom stereocenters. The van der Waals surface area contributed by atoms with E-state index in [1.807, 2.05) is 20.8 Å². The topological polar surface area (TPSA) is 87.0 Å². The second kappa shape index (κ2) is 15.1. The summed E-state index contributed by atoms with van der Waals surface area (Å²) in [6.45, 7) is 7.72. The molecule has 0 saturated heterocycles. The maximum Gasteiger partial charge on any atom is 0.306 e. The highest BCUT2D eigenvalue weighted by Crippen LogP contribution is 2.14. The molecule has 5 nitrogen and oxygen atoms in total. The molecule has 0 aliphatic heterocycles. The van der Waals surface area contributed by atoms with Crippen LogP contribution in [0.2, 0.25) is 0 Å². The average Bonchev–Trinajstić information content (AvgIpc) is 2.57. The number of esters is 1. The highest BCUT2D eigenvalue weighted by molar-refractivity contribution is 5.69. The molecule has 0 spiro atoms. The van der Waals surface area contributed by atoms with Crippen molar-refractivity contribution in [1.82, 2.24) is 0 Å². The zero-order valence-corrected chi connectivity index (χ0v) is 17.8. The van der Waals surface area contributed by atoms with Gasteiger partial charge in [0, 0.05) is 6.42 Å². The summed E-state index contributed by atoms with van der Waals surface area (Å²) in [4.78, 5) is 11.6. The van der Waals surface area contributed by atoms with Crippen LogP contribution in [-0.2, 0) is 9.53 Å². The maximum absolute atomic E-state index is 11.6. The van der Waals surface area contributed by atoms with Gasteiger partial charge in [0.1, 0.15) is 5.60 Å². The molecule has 3 atom stereocenters. The first-order valence-corrected chi connectivity index (χ1v) is 10.6. The Morgan fingerprint density at radius 3 is 2.11 bits per heavy atom. The Kier molecular flexibility index (Phi) is 14.6. The standard InChI is InChI=1S/C22H42O5/c1-5-6-10-13-18(23)16-17-20(25)19(24)14-11-8-7-9-12-15-21(26)27-22(2,3)4/h16-20,23-25H,5-15H2,1-4H3/b17-16+. The third-order valence-electron chi connectivity index (χ3n) is 4.33. The normalized spacial score (nSPS) is 15.7. The Morgan fingerprint density at radius 2 is 1.48 bits per heavy atom. The molecule has 0 aromatic heterocycles. The van der Waals surface area contributed by atoms with E-state index in [-0.39, 0.29) is 5.97 Å². The van der Waals surface area contributed by atoms with Gasteiger partial charge in [-0.05, 0) is 40.0 Å². The van der Waals surface area contributed by atoms with Gasteiger partial charge >= 0.3 is 5.97 Å². The SMILES string of the molecule is CCCCCC(O)/C=C/C(O)C(O)CCCCCCCC(=O)OC(C)(C)C. The first kappa shape index (κ1) is 26.1. The molecule has 160 valence electrons. The van der Waals surface area contributed by atoms with Gasteiger partial charge in [0.15, 0.2) is 0 Å². The molecule has 3 N–H and O–H groups in total. The maximum atomic E-state index is 11.6. The van der Waals surface area contributed by atoms with Crippen LogP contribution in [0, 0.1) is 0 Å². The molecule has 27 heavy (non-hydrogen) atoms. The quantitative estimate of drug-likeness (QED) is 0.222.